The second-order valence-corrected chi connectivity index (χ2v) is 5.93. The predicted molar refractivity (Wildman–Crippen MR) is 71.9 cm³/mol. The number of carbonyl (C=O) groups excluding carboxylic acids is 1. The highest BCUT2D eigenvalue weighted by molar-refractivity contribution is 5.78. The Kier molecular flexibility index (Phi) is 4.39. The van der Waals surface area contributed by atoms with Crippen molar-refractivity contribution >= 4 is 5.91 Å². The molecule has 0 aromatic carbocycles. The number of nitrogens with one attached hydrogen (secondary N) is 2. The highest BCUT2D eigenvalue weighted by Gasteiger charge is 2.33. The maximum Gasteiger partial charge on any atom is 0.245 e. The summed E-state index contributed by atoms with van der Waals surface area (Å²) >= 11 is 0. The first-order valence-corrected chi connectivity index (χ1v) is 6.87. The molecule has 0 radical (unpaired) electrons. The van der Waals surface area contributed by atoms with Crippen molar-refractivity contribution in [3.05, 3.63) is 11.7 Å². The summed E-state index contributed by atoms with van der Waals surface area (Å²) in [7, 11) is 0. The Balaban J connectivity index is 2.12. The molecule has 0 aliphatic carbocycles. The van der Waals surface area contributed by atoms with Crippen molar-refractivity contribution in [3.63, 3.8) is 0 Å². The molecule has 1 fully saturated rings. The fourth-order valence-corrected chi connectivity index (χ4v) is 2.11. The lowest BCUT2D eigenvalue weighted by atomic mass is 9.88. The Morgan fingerprint density at radius 1 is 1.50 bits per heavy atom. The SMILES string of the molecule is CCOC(c1noc(C2CNC(=O)CN2)n1)C(C)(C)C. The first-order chi connectivity index (χ1) is 9.41. The van der Waals surface area contributed by atoms with Crippen molar-refractivity contribution < 1.29 is 14.1 Å². The number of amides is 1. The van der Waals surface area contributed by atoms with E-state index in [0.717, 1.165) is 0 Å². The van der Waals surface area contributed by atoms with Gasteiger partial charge in [0.15, 0.2) is 0 Å². The van der Waals surface area contributed by atoms with Crippen LogP contribution in [0.3, 0.4) is 0 Å². The van der Waals surface area contributed by atoms with E-state index in [9.17, 15) is 4.79 Å². The van der Waals surface area contributed by atoms with E-state index in [-0.39, 0.29) is 30.0 Å². The monoisotopic (exact) mass is 282 g/mol. The van der Waals surface area contributed by atoms with E-state index in [1.165, 1.54) is 0 Å². The number of ether oxygens (including phenoxy) is 1. The molecule has 2 rings (SSSR count). The van der Waals surface area contributed by atoms with Gasteiger partial charge >= 0.3 is 0 Å². The zero-order valence-corrected chi connectivity index (χ0v) is 12.4. The highest BCUT2D eigenvalue weighted by atomic mass is 16.5. The topological polar surface area (TPSA) is 89.3 Å². The summed E-state index contributed by atoms with van der Waals surface area (Å²) in [6, 6.07) is -0.142. The molecule has 1 saturated heterocycles. The first kappa shape index (κ1) is 14.9. The summed E-state index contributed by atoms with van der Waals surface area (Å²) in [4.78, 5) is 15.5. The molecule has 2 atom stereocenters. The molecule has 2 N–H and O–H groups in total. The third kappa shape index (κ3) is 3.34. The fraction of sp³-hybridized carbons (Fsp3) is 0.769. The molecule has 0 bridgehead atoms. The van der Waals surface area contributed by atoms with E-state index in [0.29, 0.717) is 24.9 Å². The largest absolute Gasteiger partial charge is 0.370 e. The van der Waals surface area contributed by atoms with Gasteiger partial charge in [-0.15, -0.1) is 0 Å². The predicted octanol–water partition coefficient (Wildman–Crippen LogP) is 0.954. The van der Waals surface area contributed by atoms with Crippen LogP contribution < -0.4 is 10.6 Å². The number of hydrogen-bond acceptors (Lipinski definition) is 6. The zero-order valence-electron chi connectivity index (χ0n) is 12.4. The Bertz CT molecular complexity index is 456. The van der Waals surface area contributed by atoms with E-state index >= 15 is 0 Å². The van der Waals surface area contributed by atoms with Crippen LogP contribution in [0.5, 0.6) is 0 Å². The number of nitrogens with zero attached hydrogens (tertiary/aromatic N) is 2. The molecule has 2 unspecified atom stereocenters. The van der Waals surface area contributed by atoms with Crippen LogP contribution in [0.4, 0.5) is 0 Å². The molecule has 7 heteroatoms. The molecule has 20 heavy (non-hydrogen) atoms. The van der Waals surface area contributed by atoms with Gasteiger partial charge in [-0.2, -0.15) is 4.98 Å². The fourth-order valence-electron chi connectivity index (χ4n) is 2.11. The standard InChI is InChI=1S/C13H22N4O3/c1-5-19-10(13(2,3)4)11-16-12(20-17-11)8-6-15-9(18)7-14-8/h8,10,14H,5-7H2,1-4H3,(H,15,18). The highest BCUT2D eigenvalue weighted by Crippen LogP contribution is 2.34. The average molecular weight is 282 g/mol. The molecule has 7 nitrogen and oxygen atoms in total. The van der Waals surface area contributed by atoms with Crippen molar-refractivity contribution in [1.82, 2.24) is 20.8 Å². The Morgan fingerprint density at radius 3 is 2.80 bits per heavy atom. The molecule has 2 heterocycles. The van der Waals surface area contributed by atoms with Gasteiger partial charge in [-0.05, 0) is 12.3 Å². The van der Waals surface area contributed by atoms with E-state index in [1.807, 2.05) is 6.92 Å². The van der Waals surface area contributed by atoms with Crippen LogP contribution in [0.1, 0.15) is 51.6 Å². The Morgan fingerprint density at radius 2 is 2.25 bits per heavy atom. The number of piperazine rings is 1. The second kappa shape index (κ2) is 5.88. The molecule has 1 aliphatic rings. The zero-order chi connectivity index (χ0) is 14.8. The number of hydrogen-bond donors (Lipinski definition) is 2. The lowest BCUT2D eigenvalue weighted by Gasteiger charge is -2.27. The van der Waals surface area contributed by atoms with E-state index in [1.54, 1.807) is 0 Å². The molecule has 0 saturated carbocycles. The molecule has 0 spiro atoms. The summed E-state index contributed by atoms with van der Waals surface area (Å²) in [5.74, 6) is 1.00. The summed E-state index contributed by atoms with van der Waals surface area (Å²) < 4.78 is 11.0. The minimum absolute atomic E-state index is 0.0251. The minimum Gasteiger partial charge on any atom is -0.370 e. The van der Waals surface area contributed by atoms with Gasteiger partial charge in [0.2, 0.25) is 17.6 Å². The lowest BCUT2D eigenvalue weighted by Crippen LogP contribution is -2.47. The van der Waals surface area contributed by atoms with Gasteiger partial charge < -0.3 is 14.6 Å². The minimum atomic E-state index is -0.219. The smallest absolute Gasteiger partial charge is 0.245 e. The Hall–Kier alpha value is -1.47. The number of carbonyl (C=O) groups is 1. The van der Waals surface area contributed by atoms with Crippen LogP contribution in [0, 0.1) is 5.41 Å². The van der Waals surface area contributed by atoms with Gasteiger partial charge in [0.1, 0.15) is 12.1 Å². The molecule has 1 amide bonds. The summed E-state index contributed by atoms with van der Waals surface area (Å²) in [5, 5.41) is 9.86. The summed E-state index contributed by atoms with van der Waals surface area (Å²) in [6.07, 6.45) is -0.219. The number of aromatic nitrogens is 2. The maximum atomic E-state index is 11.1. The van der Waals surface area contributed by atoms with E-state index < -0.39 is 0 Å². The van der Waals surface area contributed by atoms with Crippen molar-refractivity contribution in [2.45, 2.75) is 39.8 Å². The second-order valence-electron chi connectivity index (χ2n) is 5.93. The van der Waals surface area contributed by atoms with Crippen LogP contribution in [0.2, 0.25) is 0 Å². The normalized spacial score (nSPS) is 21.6. The quantitative estimate of drug-likeness (QED) is 0.855. The third-order valence-corrected chi connectivity index (χ3v) is 3.12. The van der Waals surface area contributed by atoms with Gasteiger partial charge in [0.25, 0.3) is 0 Å². The first-order valence-electron chi connectivity index (χ1n) is 6.87. The molecule has 1 aromatic rings. The third-order valence-electron chi connectivity index (χ3n) is 3.12. The maximum absolute atomic E-state index is 11.1. The molecular formula is C13H22N4O3. The van der Waals surface area contributed by atoms with Crippen LogP contribution >= 0.6 is 0 Å². The molecule has 112 valence electrons. The van der Waals surface area contributed by atoms with Crippen molar-refractivity contribution in [1.29, 1.82) is 0 Å². The van der Waals surface area contributed by atoms with Crippen LogP contribution in [0.25, 0.3) is 0 Å². The number of rotatable bonds is 4. The van der Waals surface area contributed by atoms with Gasteiger partial charge in [-0.1, -0.05) is 25.9 Å². The molecule has 1 aromatic heterocycles. The molecule has 1 aliphatic heterocycles. The van der Waals surface area contributed by atoms with E-state index in [2.05, 4.69) is 41.5 Å². The van der Waals surface area contributed by atoms with Gasteiger partial charge in [-0.25, -0.2) is 0 Å². The van der Waals surface area contributed by atoms with Crippen LogP contribution in [-0.2, 0) is 9.53 Å². The average Bonchev–Trinajstić information content (AvgIpc) is 2.84. The Labute approximate surface area is 118 Å². The van der Waals surface area contributed by atoms with Gasteiger partial charge in [0, 0.05) is 13.2 Å². The van der Waals surface area contributed by atoms with E-state index in [4.69, 9.17) is 9.26 Å². The van der Waals surface area contributed by atoms with Crippen molar-refractivity contribution in [3.8, 4) is 0 Å². The summed E-state index contributed by atoms with van der Waals surface area (Å²) in [5.41, 5.74) is -0.120. The van der Waals surface area contributed by atoms with Crippen molar-refractivity contribution in [2.24, 2.45) is 5.41 Å². The van der Waals surface area contributed by atoms with Crippen LogP contribution in [-0.4, -0.2) is 35.7 Å². The van der Waals surface area contributed by atoms with Crippen LogP contribution in [0.15, 0.2) is 4.52 Å². The molecular weight excluding hydrogens is 260 g/mol. The van der Waals surface area contributed by atoms with Gasteiger partial charge in [0.05, 0.1) is 6.54 Å². The van der Waals surface area contributed by atoms with Gasteiger partial charge in [-0.3, -0.25) is 10.1 Å². The van der Waals surface area contributed by atoms with Crippen molar-refractivity contribution in [2.75, 3.05) is 19.7 Å². The lowest BCUT2D eigenvalue weighted by molar-refractivity contribution is -0.121. The summed E-state index contributed by atoms with van der Waals surface area (Å²) in [6.45, 7) is 9.46.